The second-order valence-electron chi connectivity index (χ2n) is 6.21. The number of carbonyl (C=O) groups excluding carboxylic acids is 1. The molecule has 1 amide bonds. The van der Waals surface area contributed by atoms with Gasteiger partial charge in [0.25, 0.3) is 0 Å². The summed E-state index contributed by atoms with van der Waals surface area (Å²) < 4.78 is 0. The highest BCUT2D eigenvalue weighted by molar-refractivity contribution is 7.99. The van der Waals surface area contributed by atoms with Gasteiger partial charge in [-0.05, 0) is 50.7 Å². The molecular formula is C15H26N2OS. The van der Waals surface area contributed by atoms with Crippen LogP contribution in [0.1, 0.15) is 51.9 Å². The molecule has 0 spiro atoms. The molecular weight excluding hydrogens is 256 g/mol. The van der Waals surface area contributed by atoms with Gasteiger partial charge in [0.2, 0.25) is 5.91 Å². The summed E-state index contributed by atoms with van der Waals surface area (Å²) in [6.45, 7) is 3.23. The molecule has 3 fully saturated rings. The van der Waals surface area contributed by atoms with Crippen molar-refractivity contribution in [1.29, 1.82) is 0 Å². The van der Waals surface area contributed by atoms with Crippen molar-refractivity contribution in [3.8, 4) is 0 Å². The maximum absolute atomic E-state index is 12.6. The zero-order valence-corrected chi connectivity index (χ0v) is 12.8. The van der Waals surface area contributed by atoms with Crippen LogP contribution in [-0.4, -0.2) is 46.5 Å². The van der Waals surface area contributed by atoms with Crippen LogP contribution < -0.4 is 5.32 Å². The van der Waals surface area contributed by atoms with Crippen molar-refractivity contribution in [2.45, 2.75) is 75.2 Å². The highest BCUT2D eigenvalue weighted by atomic mass is 32.2. The summed E-state index contributed by atoms with van der Waals surface area (Å²) in [7, 11) is 0. The first-order valence-corrected chi connectivity index (χ1v) is 9.01. The number of nitrogens with zero attached hydrogens (tertiary/aromatic N) is 1. The molecule has 0 aromatic rings. The highest BCUT2D eigenvalue weighted by Crippen LogP contribution is 2.34. The number of likely N-dealkylation sites (tertiary alicyclic amines) is 1. The van der Waals surface area contributed by atoms with Crippen molar-refractivity contribution in [3.63, 3.8) is 0 Å². The van der Waals surface area contributed by atoms with Crippen LogP contribution in [0.4, 0.5) is 0 Å². The number of carbonyl (C=O) groups is 1. The largest absolute Gasteiger partial charge is 0.338 e. The van der Waals surface area contributed by atoms with E-state index in [9.17, 15) is 4.79 Å². The molecule has 2 saturated carbocycles. The Morgan fingerprint density at radius 2 is 2.11 bits per heavy atom. The minimum atomic E-state index is 0.124. The second kappa shape index (κ2) is 6.04. The van der Waals surface area contributed by atoms with Crippen molar-refractivity contribution in [1.82, 2.24) is 10.2 Å². The Bertz CT molecular complexity index is 332. The Labute approximate surface area is 120 Å². The van der Waals surface area contributed by atoms with Gasteiger partial charge < -0.3 is 10.2 Å². The predicted octanol–water partition coefficient (Wildman–Crippen LogP) is 2.40. The first-order valence-electron chi connectivity index (χ1n) is 7.96. The average Bonchev–Trinajstić information content (AvgIpc) is 3.10. The van der Waals surface area contributed by atoms with Gasteiger partial charge in [0.05, 0.1) is 6.04 Å². The third-order valence-corrected chi connectivity index (χ3v) is 5.92. The Balaban J connectivity index is 1.55. The lowest BCUT2D eigenvalue weighted by atomic mass is 10.0. The fourth-order valence-corrected chi connectivity index (χ4v) is 4.67. The maximum Gasteiger partial charge on any atom is 0.239 e. The Morgan fingerprint density at radius 3 is 2.84 bits per heavy atom. The number of rotatable bonds is 5. The van der Waals surface area contributed by atoms with E-state index >= 15 is 0 Å². The first kappa shape index (κ1) is 13.7. The number of nitrogens with one attached hydrogen (secondary N) is 1. The van der Waals surface area contributed by atoms with Gasteiger partial charge >= 0.3 is 0 Å². The Kier molecular flexibility index (Phi) is 4.37. The highest BCUT2D eigenvalue weighted by Gasteiger charge is 2.38. The lowest BCUT2D eigenvalue weighted by Gasteiger charge is -2.37. The number of hydrogen-bond donors (Lipinski definition) is 1. The Hall–Kier alpha value is -0.220. The molecule has 4 heteroatoms. The lowest BCUT2D eigenvalue weighted by Crippen LogP contribution is -2.54. The third-order valence-electron chi connectivity index (χ3n) is 4.69. The quantitative estimate of drug-likeness (QED) is 0.840. The lowest BCUT2D eigenvalue weighted by molar-refractivity contribution is -0.138. The van der Waals surface area contributed by atoms with Crippen LogP contribution in [0.5, 0.6) is 0 Å². The summed E-state index contributed by atoms with van der Waals surface area (Å²) >= 11 is 2.08. The molecule has 0 aromatic heterocycles. The van der Waals surface area contributed by atoms with Crippen LogP contribution in [0, 0.1) is 0 Å². The standard InChI is InChI=1S/C15H26N2OS/c1-2-19-13-8-7-12(10-13)17-9-3-4-14(15(17)18)16-11-5-6-11/h11-14,16H,2-10H2,1H3. The Morgan fingerprint density at radius 1 is 1.26 bits per heavy atom. The summed E-state index contributed by atoms with van der Waals surface area (Å²) in [4.78, 5) is 14.8. The molecule has 1 heterocycles. The van der Waals surface area contributed by atoms with E-state index in [1.54, 1.807) is 0 Å². The van der Waals surface area contributed by atoms with E-state index in [2.05, 4.69) is 28.9 Å². The molecule has 2 aliphatic carbocycles. The van der Waals surface area contributed by atoms with E-state index in [1.807, 2.05) is 0 Å². The van der Waals surface area contributed by atoms with Gasteiger partial charge in [0.1, 0.15) is 0 Å². The van der Waals surface area contributed by atoms with Crippen molar-refractivity contribution in [2.24, 2.45) is 0 Å². The number of amides is 1. The first-order chi connectivity index (χ1) is 9.28. The molecule has 0 bridgehead atoms. The third kappa shape index (κ3) is 3.27. The van der Waals surface area contributed by atoms with Crippen LogP contribution in [0.25, 0.3) is 0 Å². The fraction of sp³-hybridized carbons (Fsp3) is 0.933. The van der Waals surface area contributed by atoms with E-state index in [0.717, 1.165) is 18.2 Å². The van der Waals surface area contributed by atoms with Crippen molar-refractivity contribution >= 4 is 17.7 Å². The second-order valence-corrected chi connectivity index (χ2v) is 7.79. The minimum Gasteiger partial charge on any atom is -0.338 e. The van der Waals surface area contributed by atoms with E-state index in [-0.39, 0.29) is 6.04 Å². The van der Waals surface area contributed by atoms with E-state index in [0.29, 0.717) is 18.0 Å². The summed E-state index contributed by atoms with van der Waals surface area (Å²) in [6.07, 6.45) is 8.50. The molecule has 1 aliphatic heterocycles. The molecule has 19 heavy (non-hydrogen) atoms. The molecule has 3 rings (SSSR count). The molecule has 1 saturated heterocycles. The molecule has 0 radical (unpaired) electrons. The molecule has 3 atom stereocenters. The molecule has 0 aromatic carbocycles. The number of piperidine rings is 1. The van der Waals surface area contributed by atoms with Crippen molar-refractivity contribution in [3.05, 3.63) is 0 Å². The van der Waals surface area contributed by atoms with Crippen LogP contribution in [-0.2, 0) is 4.79 Å². The topological polar surface area (TPSA) is 32.3 Å². The molecule has 3 aliphatic rings. The van der Waals surface area contributed by atoms with Crippen LogP contribution in [0.3, 0.4) is 0 Å². The van der Waals surface area contributed by atoms with Gasteiger partial charge in [0.15, 0.2) is 0 Å². The van der Waals surface area contributed by atoms with Crippen LogP contribution in [0.15, 0.2) is 0 Å². The van der Waals surface area contributed by atoms with E-state index in [4.69, 9.17) is 0 Å². The molecule has 1 N–H and O–H groups in total. The number of hydrogen-bond acceptors (Lipinski definition) is 3. The van der Waals surface area contributed by atoms with E-state index < -0.39 is 0 Å². The summed E-state index contributed by atoms with van der Waals surface area (Å²) in [5, 5.41) is 4.33. The van der Waals surface area contributed by atoms with Gasteiger partial charge in [-0.1, -0.05) is 6.92 Å². The van der Waals surface area contributed by atoms with Crippen molar-refractivity contribution < 1.29 is 4.79 Å². The van der Waals surface area contributed by atoms with Gasteiger partial charge in [-0.15, -0.1) is 0 Å². The summed E-state index contributed by atoms with van der Waals surface area (Å²) in [6, 6.07) is 1.29. The van der Waals surface area contributed by atoms with Crippen LogP contribution in [0.2, 0.25) is 0 Å². The normalized spacial score (nSPS) is 35.9. The summed E-state index contributed by atoms with van der Waals surface area (Å²) in [5.41, 5.74) is 0. The van der Waals surface area contributed by atoms with Gasteiger partial charge in [-0.3, -0.25) is 4.79 Å². The van der Waals surface area contributed by atoms with Gasteiger partial charge in [0, 0.05) is 23.9 Å². The predicted molar refractivity (Wildman–Crippen MR) is 80.5 cm³/mol. The minimum absolute atomic E-state index is 0.124. The smallest absolute Gasteiger partial charge is 0.239 e. The number of thioether (sulfide) groups is 1. The summed E-state index contributed by atoms with van der Waals surface area (Å²) in [5.74, 6) is 1.60. The van der Waals surface area contributed by atoms with Gasteiger partial charge in [-0.2, -0.15) is 11.8 Å². The SMILES string of the molecule is CCSC1CCC(N2CCCC(NC3CC3)C2=O)C1. The van der Waals surface area contributed by atoms with E-state index in [1.165, 1.54) is 44.3 Å². The zero-order chi connectivity index (χ0) is 13.2. The maximum atomic E-state index is 12.6. The van der Waals surface area contributed by atoms with Gasteiger partial charge in [-0.25, -0.2) is 0 Å². The van der Waals surface area contributed by atoms with Crippen molar-refractivity contribution in [2.75, 3.05) is 12.3 Å². The molecule has 108 valence electrons. The average molecular weight is 282 g/mol. The monoisotopic (exact) mass is 282 g/mol. The zero-order valence-electron chi connectivity index (χ0n) is 11.9. The molecule has 3 nitrogen and oxygen atoms in total. The molecule has 3 unspecified atom stereocenters. The van der Waals surface area contributed by atoms with Crippen LogP contribution >= 0.6 is 11.8 Å². The fourth-order valence-electron chi connectivity index (χ4n) is 3.54.